The number of β-lactam (4-membered cyclic amide) rings is 1. The molecule has 12 heteroatoms. The minimum absolute atomic E-state index is 0.149. The van der Waals surface area contributed by atoms with Crippen LogP contribution in [0.15, 0.2) is 11.3 Å². The highest BCUT2D eigenvalue weighted by Gasteiger charge is 2.54. The van der Waals surface area contributed by atoms with Gasteiger partial charge in [0.25, 0.3) is 5.91 Å². The second-order valence-electron chi connectivity index (χ2n) is 6.10. The molecule has 2 N–H and O–H groups in total. The second-order valence-corrected chi connectivity index (χ2v) is 7.47. The molecule has 0 unspecified atom stereocenters. The zero-order valence-corrected chi connectivity index (χ0v) is 16.3. The molecule has 0 aliphatic carbocycles. The summed E-state index contributed by atoms with van der Waals surface area (Å²) in [6.45, 7) is 0.858. The van der Waals surface area contributed by atoms with Gasteiger partial charge >= 0.3 is 11.9 Å². The van der Waals surface area contributed by atoms with Gasteiger partial charge < -0.3 is 15.2 Å². The number of ketones is 2. The van der Waals surface area contributed by atoms with E-state index in [4.69, 9.17) is 16.3 Å². The number of amides is 2. The number of hydrogen-bond acceptors (Lipinski definition) is 8. The molecule has 0 aromatic heterocycles. The van der Waals surface area contributed by atoms with Crippen LogP contribution in [0, 0.1) is 0 Å². The lowest BCUT2D eigenvalue weighted by Crippen LogP contribution is -2.70. The number of Topliss-reactive ketones (excluding diaryl/α,β-unsaturated/α-hetero) is 2. The zero-order valence-electron chi connectivity index (χ0n) is 14.7. The number of fused-ring (bicyclic) bond motifs is 1. The van der Waals surface area contributed by atoms with Crippen LogP contribution in [0.25, 0.3) is 0 Å². The van der Waals surface area contributed by atoms with Gasteiger partial charge in [0.05, 0.1) is 12.3 Å². The average Bonchev–Trinajstić information content (AvgIpc) is 2.62. The Morgan fingerprint density at radius 1 is 1.29 bits per heavy atom. The molecule has 2 rings (SSSR count). The van der Waals surface area contributed by atoms with Crippen molar-refractivity contribution in [2.75, 3.05) is 18.2 Å². The summed E-state index contributed by atoms with van der Waals surface area (Å²) in [5.74, 6) is -4.55. The number of rotatable bonds is 9. The van der Waals surface area contributed by atoms with E-state index in [9.17, 15) is 33.9 Å². The van der Waals surface area contributed by atoms with Crippen LogP contribution in [0.4, 0.5) is 0 Å². The van der Waals surface area contributed by atoms with E-state index in [-0.39, 0.29) is 35.3 Å². The molecule has 28 heavy (non-hydrogen) atoms. The molecule has 2 heterocycles. The molecule has 1 saturated heterocycles. The van der Waals surface area contributed by atoms with Crippen LogP contribution >= 0.6 is 23.4 Å². The fourth-order valence-electron chi connectivity index (χ4n) is 2.67. The smallest absolute Gasteiger partial charge is 0.352 e. The van der Waals surface area contributed by atoms with Crippen molar-refractivity contribution in [3.8, 4) is 0 Å². The Hall–Kier alpha value is -2.40. The number of hydrogen-bond donors (Lipinski definition) is 2. The minimum atomic E-state index is -1.38. The van der Waals surface area contributed by atoms with Gasteiger partial charge in [-0.05, 0) is 6.92 Å². The number of halogens is 1. The van der Waals surface area contributed by atoms with Crippen molar-refractivity contribution in [3.63, 3.8) is 0 Å². The molecular weight excluding hydrogens is 416 g/mol. The molecule has 0 aromatic rings. The molecule has 0 bridgehead atoms. The van der Waals surface area contributed by atoms with Gasteiger partial charge in [-0.2, -0.15) is 0 Å². The van der Waals surface area contributed by atoms with Crippen molar-refractivity contribution >= 4 is 58.7 Å². The highest BCUT2D eigenvalue weighted by molar-refractivity contribution is 8.00. The molecule has 0 spiro atoms. The molecule has 2 aliphatic heterocycles. The lowest BCUT2D eigenvalue weighted by atomic mass is 10.0. The topological polar surface area (TPSA) is 147 Å². The summed E-state index contributed by atoms with van der Waals surface area (Å²) in [6, 6.07) is -0.961. The summed E-state index contributed by atoms with van der Waals surface area (Å²) >= 11 is 6.52. The summed E-state index contributed by atoms with van der Waals surface area (Å²) in [4.78, 5) is 70.4. The third-order valence-electron chi connectivity index (χ3n) is 3.87. The van der Waals surface area contributed by atoms with Crippen molar-refractivity contribution in [2.24, 2.45) is 0 Å². The maximum atomic E-state index is 12.4. The van der Waals surface area contributed by atoms with Crippen LogP contribution in [0.2, 0.25) is 0 Å². The Labute approximate surface area is 168 Å². The highest BCUT2D eigenvalue weighted by Crippen LogP contribution is 2.40. The van der Waals surface area contributed by atoms with E-state index in [2.05, 4.69) is 5.32 Å². The first-order valence-electron chi connectivity index (χ1n) is 8.07. The molecule has 1 fully saturated rings. The van der Waals surface area contributed by atoms with Gasteiger partial charge in [0.2, 0.25) is 5.91 Å². The quantitative estimate of drug-likeness (QED) is 0.212. The number of thioether (sulfide) groups is 1. The van der Waals surface area contributed by atoms with Gasteiger partial charge in [0.15, 0.2) is 5.78 Å². The number of alkyl halides is 1. The molecule has 10 nitrogen and oxygen atoms in total. The Morgan fingerprint density at radius 3 is 2.54 bits per heavy atom. The van der Waals surface area contributed by atoms with Crippen molar-refractivity contribution in [2.45, 2.75) is 31.2 Å². The molecule has 2 aliphatic rings. The number of carbonyl (C=O) groups excluding carboxylic acids is 5. The van der Waals surface area contributed by atoms with E-state index < -0.39 is 53.8 Å². The number of aliphatic carboxylic acids is 1. The Bertz CT molecular complexity index is 781. The van der Waals surface area contributed by atoms with Crippen LogP contribution in [0.5, 0.6) is 0 Å². The predicted octanol–water partition coefficient (Wildman–Crippen LogP) is -0.555. The first-order valence-corrected chi connectivity index (χ1v) is 9.66. The Morgan fingerprint density at radius 2 is 1.96 bits per heavy atom. The van der Waals surface area contributed by atoms with Crippen LogP contribution in [0.1, 0.15) is 19.8 Å². The number of carboxylic acids is 1. The maximum Gasteiger partial charge on any atom is 0.352 e. The molecule has 0 aromatic carbocycles. The van der Waals surface area contributed by atoms with E-state index in [1.54, 1.807) is 0 Å². The fraction of sp³-hybridized carbons (Fsp3) is 0.500. The fourth-order valence-corrected chi connectivity index (χ4v) is 4.09. The second kappa shape index (κ2) is 9.20. The summed E-state index contributed by atoms with van der Waals surface area (Å²) in [5.41, 5.74) is -0.104. The monoisotopic (exact) mass is 432 g/mol. The van der Waals surface area contributed by atoms with Crippen molar-refractivity contribution in [3.05, 3.63) is 11.3 Å². The predicted molar refractivity (Wildman–Crippen MR) is 96.3 cm³/mol. The van der Waals surface area contributed by atoms with Gasteiger partial charge in [-0.25, -0.2) is 4.79 Å². The molecule has 152 valence electrons. The van der Waals surface area contributed by atoms with Gasteiger partial charge in [0.1, 0.15) is 35.9 Å². The SMILES string of the molecule is CC(=O)CC(=O)OCC1=C(C(=O)O)N2C(=O)[C@@H](NC(=O)CC(=O)CCl)[C@@H]2SC1. The average molecular weight is 433 g/mol. The van der Waals surface area contributed by atoms with Crippen molar-refractivity contribution < 1.29 is 38.6 Å². The Balaban J connectivity index is 2.07. The first kappa shape index (κ1) is 21.9. The van der Waals surface area contributed by atoms with Crippen molar-refractivity contribution in [1.82, 2.24) is 10.2 Å². The number of nitrogens with one attached hydrogen (secondary N) is 1. The summed E-state index contributed by atoms with van der Waals surface area (Å²) in [6.07, 6.45) is -0.896. The number of nitrogens with zero attached hydrogens (tertiary/aromatic N) is 1. The zero-order chi connectivity index (χ0) is 21.0. The molecular formula is C16H17ClN2O8S. The molecule has 0 saturated carbocycles. The molecule has 2 amide bonds. The van der Waals surface area contributed by atoms with Gasteiger partial charge in [-0.1, -0.05) is 0 Å². The third-order valence-corrected chi connectivity index (χ3v) is 5.51. The van der Waals surface area contributed by atoms with E-state index in [1.807, 2.05) is 0 Å². The van der Waals surface area contributed by atoms with Gasteiger partial charge in [-0.3, -0.25) is 28.9 Å². The van der Waals surface area contributed by atoms with E-state index in [1.165, 1.54) is 18.7 Å². The first-order chi connectivity index (χ1) is 13.1. The highest BCUT2D eigenvalue weighted by atomic mass is 35.5. The lowest BCUT2D eigenvalue weighted by molar-refractivity contribution is -0.151. The van der Waals surface area contributed by atoms with Gasteiger partial charge in [0, 0.05) is 11.3 Å². The van der Waals surface area contributed by atoms with Crippen LogP contribution in [-0.2, 0) is 33.5 Å². The number of esters is 1. The summed E-state index contributed by atoms with van der Waals surface area (Å²) < 4.78 is 4.91. The summed E-state index contributed by atoms with van der Waals surface area (Å²) in [7, 11) is 0. The number of ether oxygens (including phenoxy) is 1. The molecule has 0 radical (unpaired) electrons. The Kier molecular flexibility index (Phi) is 7.19. The maximum absolute atomic E-state index is 12.4. The van der Waals surface area contributed by atoms with Crippen LogP contribution < -0.4 is 5.32 Å². The number of carbonyl (C=O) groups is 6. The van der Waals surface area contributed by atoms with E-state index in [0.717, 1.165) is 4.90 Å². The van der Waals surface area contributed by atoms with Crippen molar-refractivity contribution in [1.29, 1.82) is 0 Å². The summed E-state index contributed by atoms with van der Waals surface area (Å²) in [5, 5.41) is 11.2. The lowest BCUT2D eigenvalue weighted by Gasteiger charge is -2.49. The minimum Gasteiger partial charge on any atom is -0.477 e. The van der Waals surface area contributed by atoms with Crippen LogP contribution in [0.3, 0.4) is 0 Å². The normalized spacial score (nSPS) is 20.8. The van der Waals surface area contributed by atoms with Crippen LogP contribution in [-0.4, -0.2) is 75.0 Å². The van der Waals surface area contributed by atoms with E-state index >= 15 is 0 Å². The molecule has 2 atom stereocenters. The van der Waals surface area contributed by atoms with E-state index in [0.29, 0.717) is 0 Å². The standard InChI is InChI=1S/C16H17ClN2O8S/c1-7(20)2-11(23)27-5-8-6-28-15-12(18-10(22)3-9(21)4-17)14(24)19(15)13(8)16(25)26/h12,15H,2-6H2,1H3,(H,18,22)(H,25,26)/t12-,15+/m1/s1. The largest absolute Gasteiger partial charge is 0.477 e. The number of carboxylic acid groups (broad SMARTS) is 1. The van der Waals surface area contributed by atoms with Gasteiger partial charge in [-0.15, -0.1) is 23.4 Å². The third kappa shape index (κ3) is 4.90.